The van der Waals surface area contributed by atoms with Crippen LogP contribution in [0.4, 0.5) is 0 Å². The molecule has 0 fully saturated rings. The van der Waals surface area contributed by atoms with E-state index in [9.17, 15) is 0 Å². The summed E-state index contributed by atoms with van der Waals surface area (Å²) >= 11 is -2.41. The van der Waals surface area contributed by atoms with E-state index in [0.29, 0.717) is 7.25 Å². The summed E-state index contributed by atoms with van der Waals surface area (Å²) in [4.78, 5) is 0. The maximum Gasteiger partial charge on any atom is -1.00 e. The van der Waals surface area contributed by atoms with Crippen molar-refractivity contribution in [1.82, 2.24) is 0 Å². The summed E-state index contributed by atoms with van der Waals surface area (Å²) in [5.41, 5.74) is 14.9. The number of allylic oxidation sites excluding steroid dienone is 2. The van der Waals surface area contributed by atoms with Crippen LogP contribution in [0.5, 0.6) is 0 Å². The van der Waals surface area contributed by atoms with Crippen LogP contribution in [0.25, 0.3) is 12.2 Å². The quantitative estimate of drug-likeness (QED) is 0.286. The Kier molecular flexibility index (Phi) is 9.68. The Balaban J connectivity index is 0.00000185. The molecule has 0 nitrogen and oxygen atoms in total. The third-order valence-electron chi connectivity index (χ3n) is 8.70. The van der Waals surface area contributed by atoms with Gasteiger partial charge in [-0.25, -0.2) is 0 Å². The first kappa shape index (κ1) is 31.0. The van der Waals surface area contributed by atoms with Crippen LogP contribution < -0.4 is 35.2 Å². The van der Waals surface area contributed by atoms with Gasteiger partial charge < -0.3 is 24.8 Å². The molecular weight excluding hydrogens is 623 g/mol. The normalized spacial score (nSPS) is 16.4. The van der Waals surface area contributed by atoms with Gasteiger partial charge in [0.25, 0.3) is 0 Å². The number of fused-ring (bicyclic) bond motifs is 2. The molecule has 2 unspecified atom stereocenters. The van der Waals surface area contributed by atoms with Gasteiger partial charge in [-0.3, -0.25) is 0 Å². The fourth-order valence-corrected chi connectivity index (χ4v) is 37.2. The second-order valence-electron chi connectivity index (χ2n) is 11.5. The molecule has 0 spiro atoms. The molecule has 0 amide bonds. The van der Waals surface area contributed by atoms with Crippen LogP contribution in [0, 0.1) is 41.5 Å². The Morgan fingerprint density at radius 3 is 1.25 bits per heavy atom. The van der Waals surface area contributed by atoms with E-state index < -0.39 is 26.8 Å². The molecule has 2 aliphatic rings. The summed E-state index contributed by atoms with van der Waals surface area (Å²) in [5, 5.41) is 3.46. The number of hydrogen-bond donors (Lipinski definition) is 0. The summed E-state index contributed by atoms with van der Waals surface area (Å²) in [6.07, 6.45) is 10.1. The average Bonchev–Trinajstić information content (AvgIpc) is 3.48. The van der Waals surface area contributed by atoms with Crippen molar-refractivity contribution in [3.05, 3.63) is 141 Å². The Morgan fingerprint density at radius 2 is 0.875 bits per heavy atom. The fraction of sp³-hybridized carbons (Fsp3) is 0.222. The van der Waals surface area contributed by atoms with Crippen molar-refractivity contribution in [1.29, 1.82) is 0 Å². The van der Waals surface area contributed by atoms with Crippen molar-refractivity contribution in [2.24, 2.45) is 0 Å². The van der Waals surface area contributed by atoms with Crippen LogP contribution >= 0.6 is 0 Å². The maximum atomic E-state index is 2.62. The minimum Gasteiger partial charge on any atom is -1.00 e. The van der Waals surface area contributed by atoms with Crippen molar-refractivity contribution in [3.63, 3.8) is 0 Å². The Hall–Kier alpha value is -1.96. The maximum absolute atomic E-state index is 2.62. The van der Waals surface area contributed by atoms with E-state index in [2.05, 4.69) is 139 Å². The van der Waals surface area contributed by atoms with Gasteiger partial charge in [0.15, 0.2) is 0 Å². The number of rotatable bonds is 5. The standard InChI is InChI=1S/C18H23Si.2C9H7.2ClH.Zr/c1-11-7-13(3)17(14(4)8-11)19-18-15(5)9-12(2)10-16(18)6;2*1-2-5-9-7-3-6-8(9)4-1;;;/h7-10,19H,1-6H3;2*1-7H;2*1H;/q;;;;;+2/p-2. The summed E-state index contributed by atoms with van der Waals surface area (Å²) < 4.78 is 1.18. The van der Waals surface area contributed by atoms with Crippen molar-refractivity contribution in [3.8, 4) is 0 Å². The molecule has 0 saturated heterocycles. The molecule has 0 saturated carbocycles. The number of benzene rings is 4. The first-order valence-electron chi connectivity index (χ1n) is 13.9. The number of aryl methyl sites for hydroxylation is 6. The first-order valence-corrected chi connectivity index (χ1v) is 22.7. The van der Waals surface area contributed by atoms with Gasteiger partial charge in [-0.05, 0) is 0 Å². The second kappa shape index (κ2) is 12.5. The van der Waals surface area contributed by atoms with Crippen LogP contribution in [0.3, 0.4) is 0 Å². The van der Waals surface area contributed by atoms with E-state index in [4.69, 9.17) is 0 Å². The van der Waals surface area contributed by atoms with Crippen molar-refractivity contribution < 1.29 is 45.7 Å². The van der Waals surface area contributed by atoms with E-state index >= 15 is 0 Å². The van der Waals surface area contributed by atoms with Gasteiger partial charge in [-0.1, -0.05) is 0 Å². The third kappa shape index (κ3) is 5.46. The van der Waals surface area contributed by atoms with Gasteiger partial charge in [0.05, 0.1) is 0 Å². The van der Waals surface area contributed by atoms with E-state index in [-0.39, 0.29) is 24.8 Å². The molecule has 0 bridgehead atoms. The van der Waals surface area contributed by atoms with Crippen LogP contribution in [0.1, 0.15) is 62.9 Å². The zero-order valence-electron chi connectivity index (χ0n) is 24.2. The molecule has 0 heterocycles. The number of hydrogen-bond acceptors (Lipinski definition) is 0. The third-order valence-corrected chi connectivity index (χ3v) is 31.8. The molecule has 2 atom stereocenters. The predicted molar refractivity (Wildman–Crippen MR) is 164 cm³/mol. The molecule has 2 aliphatic carbocycles. The minimum atomic E-state index is -2.41. The smallest absolute Gasteiger partial charge is 1.00 e. The van der Waals surface area contributed by atoms with Crippen molar-refractivity contribution in [2.75, 3.05) is 0 Å². The van der Waals surface area contributed by atoms with Gasteiger partial charge in [0, 0.05) is 0 Å². The SMILES string of the molecule is Cc1cc(C)c([SiH](c2c(C)cc(C)cc2C)[Zr+2]([CH]2C=Cc3ccccc32)[CH]2C=Cc3ccccc32)c(C)c1.[Cl-].[Cl-]. The molecule has 4 aromatic carbocycles. The van der Waals surface area contributed by atoms with Gasteiger partial charge in [-0.15, -0.1) is 0 Å². The first-order chi connectivity index (χ1) is 18.3. The molecular formula is C36H37Cl2SiZr. The Labute approximate surface area is 261 Å². The van der Waals surface area contributed by atoms with Gasteiger partial charge in [0.1, 0.15) is 0 Å². The number of halogens is 2. The van der Waals surface area contributed by atoms with Crippen LogP contribution in [-0.4, -0.2) is 5.92 Å². The topological polar surface area (TPSA) is 0 Å². The van der Waals surface area contributed by atoms with Crippen LogP contribution in [-0.2, 0) is 20.9 Å². The average molecular weight is 660 g/mol. The predicted octanol–water partition coefficient (Wildman–Crippen LogP) is 1.54. The Morgan fingerprint density at radius 1 is 0.525 bits per heavy atom. The Bertz CT molecular complexity index is 1450. The molecule has 0 aromatic heterocycles. The van der Waals surface area contributed by atoms with E-state index in [0.717, 1.165) is 0 Å². The fourth-order valence-electron chi connectivity index (χ4n) is 7.40. The summed E-state index contributed by atoms with van der Waals surface area (Å²) in [7, 11) is 0. The molecule has 0 aliphatic heterocycles. The zero-order chi connectivity index (χ0) is 26.6. The molecule has 0 radical (unpaired) electrons. The van der Waals surface area contributed by atoms with Gasteiger partial charge in [0.2, 0.25) is 0 Å². The van der Waals surface area contributed by atoms with E-state index in [1.54, 1.807) is 21.5 Å². The molecule has 4 heteroatoms. The molecule has 4 aromatic rings. The molecule has 40 heavy (non-hydrogen) atoms. The summed E-state index contributed by atoms with van der Waals surface area (Å²) in [5.74, 6) is -1.59. The van der Waals surface area contributed by atoms with Crippen molar-refractivity contribution >= 4 is 28.4 Å². The van der Waals surface area contributed by atoms with Crippen LogP contribution in [0.15, 0.2) is 84.9 Å². The second-order valence-corrected chi connectivity index (χ2v) is 27.2. The largest absolute Gasteiger partial charge is 1.00 e. The van der Waals surface area contributed by atoms with Gasteiger partial charge >= 0.3 is 239 Å². The molecule has 0 N–H and O–H groups in total. The summed E-state index contributed by atoms with van der Waals surface area (Å²) in [6.45, 7) is 14.1. The summed E-state index contributed by atoms with van der Waals surface area (Å²) in [6, 6.07) is 28.3. The van der Waals surface area contributed by atoms with Gasteiger partial charge in [-0.2, -0.15) is 0 Å². The monoisotopic (exact) mass is 657 g/mol. The van der Waals surface area contributed by atoms with Crippen LogP contribution in [0.2, 0.25) is 0 Å². The molecule has 203 valence electrons. The van der Waals surface area contributed by atoms with E-state index in [1.807, 2.05) is 0 Å². The van der Waals surface area contributed by atoms with E-state index in [1.165, 1.54) is 44.5 Å². The van der Waals surface area contributed by atoms with Crippen molar-refractivity contribution in [2.45, 2.75) is 48.8 Å². The minimum absolute atomic E-state index is 0. The zero-order valence-corrected chi connectivity index (χ0v) is 29.4. The molecule has 6 rings (SSSR count).